The number of aryl methyl sites for hydroxylation is 2. The Bertz CT molecular complexity index is 705. The van der Waals surface area contributed by atoms with Gasteiger partial charge in [0.25, 0.3) is 0 Å². The standard InChI is InChI=1S/C16H26N4O4S/c1-11-15(12(2)19-18-11)25(22,23)20-7-3-4-13(10-20)16(21)17-14-5-8-24-9-6-14/h13-14H,3-10H2,1-2H3,(H,17,21)(H,18,19)/t13-/m0/s1. The molecule has 1 aromatic rings. The third kappa shape index (κ3) is 3.88. The smallest absolute Gasteiger partial charge is 0.246 e. The van der Waals surface area contributed by atoms with E-state index >= 15 is 0 Å². The van der Waals surface area contributed by atoms with Gasteiger partial charge >= 0.3 is 0 Å². The quantitative estimate of drug-likeness (QED) is 0.813. The molecule has 0 spiro atoms. The van der Waals surface area contributed by atoms with Gasteiger partial charge in [-0.25, -0.2) is 8.42 Å². The minimum absolute atomic E-state index is 0.0487. The van der Waals surface area contributed by atoms with Crippen molar-refractivity contribution in [1.29, 1.82) is 0 Å². The van der Waals surface area contributed by atoms with Crippen LogP contribution in [0.15, 0.2) is 4.90 Å². The SMILES string of the molecule is Cc1n[nH]c(C)c1S(=O)(=O)N1CCC[C@H](C(=O)NC2CCOCC2)C1. The summed E-state index contributed by atoms with van der Waals surface area (Å²) >= 11 is 0. The number of nitrogens with one attached hydrogen (secondary N) is 2. The van der Waals surface area contributed by atoms with Crippen LogP contribution in [0.3, 0.4) is 0 Å². The molecule has 0 radical (unpaired) electrons. The number of ether oxygens (including phenoxy) is 1. The number of amides is 1. The zero-order valence-electron chi connectivity index (χ0n) is 14.7. The first kappa shape index (κ1) is 18.3. The molecule has 3 rings (SSSR count). The Balaban J connectivity index is 1.69. The molecule has 2 fully saturated rings. The van der Waals surface area contributed by atoms with Crippen molar-refractivity contribution < 1.29 is 17.9 Å². The predicted molar refractivity (Wildman–Crippen MR) is 91.5 cm³/mol. The van der Waals surface area contributed by atoms with E-state index in [9.17, 15) is 13.2 Å². The summed E-state index contributed by atoms with van der Waals surface area (Å²) in [4.78, 5) is 12.8. The second kappa shape index (κ2) is 7.43. The molecule has 0 bridgehead atoms. The Morgan fingerprint density at radius 3 is 2.64 bits per heavy atom. The van der Waals surface area contributed by atoms with Crippen LogP contribution in [0.2, 0.25) is 0 Å². The van der Waals surface area contributed by atoms with E-state index in [1.54, 1.807) is 13.8 Å². The molecule has 3 heterocycles. The lowest BCUT2D eigenvalue weighted by Gasteiger charge is -2.32. The Morgan fingerprint density at radius 2 is 2.00 bits per heavy atom. The maximum absolute atomic E-state index is 13.0. The van der Waals surface area contributed by atoms with Crippen LogP contribution in [0.1, 0.15) is 37.1 Å². The second-order valence-corrected chi connectivity index (χ2v) is 8.74. The van der Waals surface area contributed by atoms with Gasteiger partial charge in [0.2, 0.25) is 15.9 Å². The molecule has 2 saturated heterocycles. The van der Waals surface area contributed by atoms with Crippen molar-refractivity contribution >= 4 is 15.9 Å². The molecule has 0 unspecified atom stereocenters. The Kier molecular flexibility index (Phi) is 5.45. The number of hydrogen-bond acceptors (Lipinski definition) is 5. The number of piperidine rings is 1. The first-order valence-electron chi connectivity index (χ1n) is 8.79. The minimum atomic E-state index is -3.64. The minimum Gasteiger partial charge on any atom is -0.381 e. The number of H-pyrrole nitrogens is 1. The van der Waals surface area contributed by atoms with Crippen LogP contribution in [-0.2, 0) is 19.6 Å². The zero-order valence-corrected chi connectivity index (χ0v) is 15.6. The summed E-state index contributed by atoms with van der Waals surface area (Å²) in [5, 5.41) is 9.77. The Labute approximate surface area is 148 Å². The topological polar surface area (TPSA) is 104 Å². The first-order chi connectivity index (χ1) is 11.9. The van der Waals surface area contributed by atoms with Gasteiger partial charge in [-0.2, -0.15) is 9.40 Å². The molecule has 1 amide bonds. The van der Waals surface area contributed by atoms with E-state index < -0.39 is 10.0 Å². The number of hydrogen-bond donors (Lipinski definition) is 2. The van der Waals surface area contributed by atoms with E-state index in [4.69, 9.17) is 4.74 Å². The zero-order chi connectivity index (χ0) is 18.0. The molecular formula is C16H26N4O4S. The summed E-state index contributed by atoms with van der Waals surface area (Å²) in [5.74, 6) is -0.355. The van der Waals surface area contributed by atoms with Crippen LogP contribution in [0.5, 0.6) is 0 Å². The molecule has 1 atom stereocenters. The van der Waals surface area contributed by atoms with Crippen molar-refractivity contribution in [2.75, 3.05) is 26.3 Å². The molecule has 2 aliphatic rings. The van der Waals surface area contributed by atoms with Crippen LogP contribution >= 0.6 is 0 Å². The fourth-order valence-electron chi connectivity index (χ4n) is 3.59. The molecule has 140 valence electrons. The van der Waals surface area contributed by atoms with E-state index in [2.05, 4.69) is 15.5 Å². The highest BCUT2D eigenvalue weighted by atomic mass is 32.2. The number of carbonyl (C=O) groups excluding carboxylic acids is 1. The fraction of sp³-hybridized carbons (Fsp3) is 0.750. The lowest BCUT2D eigenvalue weighted by Crippen LogP contribution is -2.48. The normalized spacial score (nSPS) is 23.5. The van der Waals surface area contributed by atoms with E-state index in [1.165, 1.54) is 4.31 Å². The van der Waals surface area contributed by atoms with Crippen molar-refractivity contribution in [2.45, 2.75) is 50.5 Å². The number of sulfonamides is 1. The van der Waals surface area contributed by atoms with Crippen LogP contribution in [0, 0.1) is 19.8 Å². The third-order valence-electron chi connectivity index (χ3n) is 4.98. The summed E-state index contributed by atoms with van der Waals surface area (Å²) < 4.78 is 32.7. The molecule has 9 heteroatoms. The van der Waals surface area contributed by atoms with Crippen molar-refractivity contribution in [3.05, 3.63) is 11.4 Å². The fourth-order valence-corrected chi connectivity index (χ4v) is 5.44. The average Bonchev–Trinajstić information content (AvgIpc) is 2.95. The van der Waals surface area contributed by atoms with Crippen molar-refractivity contribution in [3.8, 4) is 0 Å². The molecule has 8 nitrogen and oxygen atoms in total. The summed E-state index contributed by atoms with van der Waals surface area (Å²) in [7, 11) is -3.64. The second-order valence-electron chi connectivity index (χ2n) is 6.86. The Hall–Kier alpha value is -1.45. The van der Waals surface area contributed by atoms with Gasteiger partial charge in [-0.1, -0.05) is 0 Å². The predicted octanol–water partition coefficient (Wildman–Crippen LogP) is 0.722. The maximum atomic E-state index is 13.0. The van der Waals surface area contributed by atoms with Crippen LogP contribution < -0.4 is 5.32 Å². The molecule has 1 aromatic heterocycles. The van der Waals surface area contributed by atoms with E-state index in [-0.39, 0.29) is 29.3 Å². The summed E-state index contributed by atoms with van der Waals surface area (Å²) in [5.41, 5.74) is 0.998. The highest BCUT2D eigenvalue weighted by Gasteiger charge is 2.36. The van der Waals surface area contributed by atoms with E-state index in [0.29, 0.717) is 44.0 Å². The van der Waals surface area contributed by atoms with E-state index in [0.717, 1.165) is 12.8 Å². The lowest BCUT2D eigenvalue weighted by atomic mass is 9.97. The van der Waals surface area contributed by atoms with Crippen molar-refractivity contribution in [1.82, 2.24) is 19.8 Å². The molecule has 2 N–H and O–H groups in total. The van der Waals surface area contributed by atoms with Crippen molar-refractivity contribution in [3.63, 3.8) is 0 Å². The molecule has 0 aliphatic carbocycles. The summed E-state index contributed by atoms with van der Waals surface area (Å²) in [6.45, 7) is 5.36. The largest absolute Gasteiger partial charge is 0.381 e. The third-order valence-corrected chi connectivity index (χ3v) is 7.11. The van der Waals surface area contributed by atoms with Gasteiger partial charge < -0.3 is 10.1 Å². The molecule has 0 saturated carbocycles. The highest BCUT2D eigenvalue weighted by molar-refractivity contribution is 7.89. The van der Waals surface area contributed by atoms with Gasteiger partial charge in [0, 0.05) is 32.3 Å². The van der Waals surface area contributed by atoms with E-state index in [1.807, 2.05) is 0 Å². The van der Waals surface area contributed by atoms with Gasteiger partial charge in [-0.3, -0.25) is 9.89 Å². The lowest BCUT2D eigenvalue weighted by molar-refractivity contribution is -0.127. The average molecular weight is 370 g/mol. The maximum Gasteiger partial charge on any atom is 0.246 e. The van der Waals surface area contributed by atoms with Crippen molar-refractivity contribution in [2.24, 2.45) is 5.92 Å². The van der Waals surface area contributed by atoms with Gasteiger partial charge in [-0.15, -0.1) is 0 Å². The van der Waals surface area contributed by atoms with Gasteiger partial charge in [0.05, 0.1) is 17.3 Å². The first-order valence-corrected chi connectivity index (χ1v) is 10.2. The number of nitrogens with zero attached hydrogens (tertiary/aromatic N) is 2. The molecular weight excluding hydrogens is 344 g/mol. The number of rotatable bonds is 4. The monoisotopic (exact) mass is 370 g/mol. The van der Waals surface area contributed by atoms with Crippen LogP contribution in [0.4, 0.5) is 0 Å². The number of aromatic nitrogens is 2. The van der Waals surface area contributed by atoms with Gasteiger partial charge in [0.1, 0.15) is 4.90 Å². The number of aromatic amines is 1. The number of carbonyl (C=O) groups is 1. The molecule has 25 heavy (non-hydrogen) atoms. The summed E-state index contributed by atoms with van der Waals surface area (Å²) in [6, 6.07) is 0.131. The van der Waals surface area contributed by atoms with Crippen LogP contribution in [-0.4, -0.2) is 61.2 Å². The molecule has 0 aromatic carbocycles. The Morgan fingerprint density at radius 1 is 1.28 bits per heavy atom. The van der Waals surface area contributed by atoms with Gasteiger partial charge in [0.15, 0.2) is 0 Å². The van der Waals surface area contributed by atoms with Crippen LogP contribution in [0.25, 0.3) is 0 Å². The summed E-state index contributed by atoms with van der Waals surface area (Å²) in [6.07, 6.45) is 3.02. The highest BCUT2D eigenvalue weighted by Crippen LogP contribution is 2.27. The van der Waals surface area contributed by atoms with Gasteiger partial charge in [-0.05, 0) is 39.5 Å². The molecule has 2 aliphatic heterocycles.